The Morgan fingerprint density at radius 1 is 1.45 bits per heavy atom. The van der Waals surface area contributed by atoms with Gasteiger partial charge in [-0.25, -0.2) is 0 Å². The Hall–Kier alpha value is -0.120. The first kappa shape index (κ1) is 8.97. The van der Waals surface area contributed by atoms with Crippen LogP contribution in [-0.2, 0) is 9.47 Å². The molecular formula is C8H17NO2. The summed E-state index contributed by atoms with van der Waals surface area (Å²) in [6.07, 6.45) is 2.25. The molecule has 1 aliphatic rings. The average molecular weight is 159 g/mol. The molecule has 3 nitrogen and oxygen atoms in total. The molecule has 1 fully saturated rings. The van der Waals surface area contributed by atoms with Gasteiger partial charge in [0.15, 0.2) is 6.29 Å². The Morgan fingerprint density at radius 3 is 2.64 bits per heavy atom. The lowest BCUT2D eigenvalue weighted by Gasteiger charge is -2.16. The van der Waals surface area contributed by atoms with E-state index in [-0.39, 0.29) is 6.29 Å². The summed E-state index contributed by atoms with van der Waals surface area (Å²) in [6, 6.07) is 0. The number of methoxy groups -OCH3 is 2. The Labute approximate surface area is 68.1 Å². The van der Waals surface area contributed by atoms with Gasteiger partial charge in [-0.05, 0) is 25.4 Å². The Balaban J connectivity index is 2.16. The van der Waals surface area contributed by atoms with Gasteiger partial charge < -0.3 is 14.8 Å². The molecule has 66 valence electrons. The number of nitrogens with one attached hydrogen (secondary N) is 1. The van der Waals surface area contributed by atoms with E-state index in [1.54, 1.807) is 14.2 Å². The molecule has 1 saturated heterocycles. The maximum atomic E-state index is 5.11. The van der Waals surface area contributed by atoms with Crippen LogP contribution in [0.1, 0.15) is 12.8 Å². The highest BCUT2D eigenvalue weighted by Gasteiger charge is 2.18. The largest absolute Gasteiger partial charge is 0.356 e. The molecule has 1 atom stereocenters. The van der Waals surface area contributed by atoms with E-state index in [0.29, 0.717) is 0 Å². The van der Waals surface area contributed by atoms with E-state index in [0.717, 1.165) is 25.4 Å². The number of ether oxygens (including phenoxy) is 2. The van der Waals surface area contributed by atoms with Crippen molar-refractivity contribution in [3.8, 4) is 0 Å². The molecule has 0 bridgehead atoms. The van der Waals surface area contributed by atoms with Crippen LogP contribution < -0.4 is 5.32 Å². The van der Waals surface area contributed by atoms with Crippen LogP contribution in [0.2, 0.25) is 0 Å². The van der Waals surface area contributed by atoms with Gasteiger partial charge in [0.25, 0.3) is 0 Å². The first-order valence-corrected chi connectivity index (χ1v) is 4.13. The van der Waals surface area contributed by atoms with E-state index < -0.39 is 0 Å². The van der Waals surface area contributed by atoms with Crippen molar-refractivity contribution in [3.63, 3.8) is 0 Å². The van der Waals surface area contributed by atoms with Crippen molar-refractivity contribution in [2.24, 2.45) is 5.92 Å². The van der Waals surface area contributed by atoms with Gasteiger partial charge in [-0.3, -0.25) is 0 Å². The number of hydrogen-bond donors (Lipinski definition) is 1. The highest BCUT2D eigenvalue weighted by molar-refractivity contribution is 4.71. The molecule has 1 heterocycles. The van der Waals surface area contributed by atoms with Crippen LogP contribution in [0.3, 0.4) is 0 Å². The standard InChI is InChI=1S/C8H17NO2/c1-10-8(11-2)5-7-3-4-9-6-7/h7-9H,3-6H2,1-2H3. The Morgan fingerprint density at radius 2 is 2.18 bits per heavy atom. The molecular weight excluding hydrogens is 142 g/mol. The predicted molar refractivity (Wildman–Crippen MR) is 43.4 cm³/mol. The summed E-state index contributed by atoms with van der Waals surface area (Å²) >= 11 is 0. The molecule has 0 aromatic heterocycles. The molecule has 1 N–H and O–H groups in total. The van der Waals surface area contributed by atoms with Gasteiger partial charge in [0.2, 0.25) is 0 Å². The molecule has 0 aromatic carbocycles. The first-order valence-electron chi connectivity index (χ1n) is 4.13. The van der Waals surface area contributed by atoms with E-state index in [9.17, 15) is 0 Å². The van der Waals surface area contributed by atoms with Crippen LogP contribution in [-0.4, -0.2) is 33.6 Å². The fraction of sp³-hybridized carbons (Fsp3) is 1.00. The molecule has 0 amide bonds. The molecule has 0 spiro atoms. The van der Waals surface area contributed by atoms with Crippen molar-refractivity contribution in [1.82, 2.24) is 5.32 Å². The van der Waals surface area contributed by atoms with Gasteiger partial charge in [-0.15, -0.1) is 0 Å². The molecule has 3 heteroatoms. The predicted octanol–water partition coefficient (Wildman–Crippen LogP) is 0.605. The van der Waals surface area contributed by atoms with E-state index >= 15 is 0 Å². The third-order valence-electron chi connectivity index (χ3n) is 2.21. The molecule has 1 unspecified atom stereocenters. The maximum absolute atomic E-state index is 5.11. The minimum Gasteiger partial charge on any atom is -0.356 e. The molecule has 1 rings (SSSR count). The fourth-order valence-electron chi connectivity index (χ4n) is 1.48. The van der Waals surface area contributed by atoms with Crippen molar-refractivity contribution in [1.29, 1.82) is 0 Å². The summed E-state index contributed by atoms with van der Waals surface area (Å²) in [5.41, 5.74) is 0. The number of hydrogen-bond acceptors (Lipinski definition) is 3. The zero-order valence-corrected chi connectivity index (χ0v) is 7.30. The molecule has 11 heavy (non-hydrogen) atoms. The second kappa shape index (κ2) is 4.70. The molecule has 0 saturated carbocycles. The van der Waals surface area contributed by atoms with Crippen LogP contribution in [0.25, 0.3) is 0 Å². The molecule has 0 aliphatic carbocycles. The second-order valence-electron chi connectivity index (χ2n) is 3.00. The third-order valence-corrected chi connectivity index (χ3v) is 2.21. The smallest absolute Gasteiger partial charge is 0.157 e. The minimum atomic E-state index is -0.0140. The van der Waals surface area contributed by atoms with Crippen molar-refractivity contribution in [2.75, 3.05) is 27.3 Å². The van der Waals surface area contributed by atoms with Crippen molar-refractivity contribution in [2.45, 2.75) is 19.1 Å². The van der Waals surface area contributed by atoms with Crippen LogP contribution in [0.5, 0.6) is 0 Å². The minimum absolute atomic E-state index is 0.0140. The molecule has 1 aliphatic heterocycles. The van der Waals surface area contributed by atoms with E-state index in [1.165, 1.54) is 6.42 Å². The van der Waals surface area contributed by atoms with Crippen LogP contribution in [0.15, 0.2) is 0 Å². The van der Waals surface area contributed by atoms with Crippen LogP contribution in [0.4, 0.5) is 0 Å². The highest BCUT2D eigenvalue weighted by Crippen LogP contribution is 2.15. The van der Waals surface area contributed by atoms with Crippen molar-refractivity contribution < 1.29 is 9.47 Å². The highest BCUT2D eigenvalue weighted by atomic mass is 16.7. The van der Waals surface area contributed by atoms with Gasteiger partial charge in [0.05, 0.1) is 0 Å². The Bertz CT molecular complexity index is 98.3. The zero-order chi connectivity index (χ0) is 8.10. The topological polar surface area (TPSA) is 30.5 Å². The van der Waals surface area contributed by atoms with Gasteiger partial charge in [-0.2, -0.15) is 0 Å². The summed E-state index contributed by atoms with van der Waals surface area (Å²) in [6.45, 7) is 2.26. The second-order valence-corrected chi connectivity index (χ2v) is 3.00. The van der Waals surface area contributed by atoms with Gasteiger partial charge in [0.1, 0.15) is 0 Å². The van der Waals surface area contributed by atoms with Crippen LogP contribution in [0, 0.1) is 5.92 Å². The maximum Gasteiger partial charge on any atom is 0.157 e. The molecule has 0 radical (unpaired) electrons. The summed E-state index contributed by atoms with van der Waals surface area (Å²) in [5.74, 6) is 0.736. The van der Waals surface area contributed by atoms with Gasteiger partial charge in [0, 0.05) is 20.6 Å². The monoisotopic (exact) mass is 159 g/mol. The summed E-state index contributed by atoms with van der Waals surface area (Å²) < 4.78 is 10.2. The summed E-state index contributed by atoms with van der Waals surface area (Å²) in [5, 5.41) is 3.31. The van der Waals surface area contributed by atoms with E-state index in [4.69, 9.17) is 9.47 Å². The summed E-state index contributed by atoms with van der Waals surface area (Å²) in [7, 11) is 3.38. The Kier molecular flexibility index (Phi) is 3.83. The lowest BCUT2D eigenvalue weighted by atomic mass is 10.1. The average Bonchev–Trinajstić information content (AvgIpc) is 2.52. The van der Waals surface area contributed by atoms with E-state index in [1.807, 2.05) is 0 Å². The van der Waals surface area contributed by atoms with Gasteiger partial charge >= 0.3 is 0 Å². The van der Waals surface area contributed by atoms with Crippen molar-refractivity contribution >= 4 is 0 Å². The lowest BCUT2D eigenvalue weighted by molar-refractivity contribution is -0.112. The SMILES string of the molecule is COC(CC1CCNC1)OC. The van der Waals surface area contributed by atoms with E-state index in [2.05, 4.69) is 5.32 Å². The number of rotatable bonds is 4. The van der Waals surface area contributed by atoms with Crippen LogP contribution >= 0.6 is 0 Å². The lowest BCUT2D eigenvalue weighted by Crippen LogP contribution is -2.19. The van der Waals surface area contributed by atoms with Gasteiger partial charge in [-0.1, -0.05) is 0 Å². The quantitative estimate of drug-likeness (QED) is 0.609. The fourth-order valence-corrected chi connectivity index (χ4v) is 1.48. The summed E-state index contributed by atoms with van der Waals surface area (Å²) in [4.78, 5) is 0. The third kappa shape index (κ3) is 2.77. The zero-order valence-electron chi connectivity index (χ0n) is 7.30. The molecule has 0 aromatic rings. The normalized spacial score (nSPS) is 24.8. The first-order chi connectivity index (χ1) is 5.36. The van der Waals surface area contributed by atoms with Crippen molar-refractivity contribution in [3.05, 3.63) is 0 Å².